The SMILES string of the molecule is CCCCCc1ccc(-c2ccc(CC[C@H]3CC[C@H](CCCCC)CC3)cc2)nc1. The van der Waals surface area contributed by atoms with E-state index in [1.165, 1.54) is 100 Å². The molecule has 1 aliphatic rings. The zero-order valence-electron chi connectivity index (χ0n) is 19.5. The van der Waals surface area contributed by atoms with Crippen LogP contribution < -0.4 is 0 Å². The van der Waals surface area contributed by atoms with Crippen molar-refractivity contribution in [1.82, 2.24) is 4.98 Å². The Morgan fingerprint density at radius 3 is 1.93 bits per heavy atom. The summed E-state index contributed by atoms with van der Waals surface area (Å²) in [6.07, 6.45) is 21.3. The molecule has 164 valence electrons. The van der Waals surface area contributed by atoms with Gasteiger partial charge in [0.25, 0.3) is 0 Å². The van der Waals surface area contributed by atoms with Gasteiger partial charge in [-0.2, -0.15) is 0 Å². The smallest absolute Gasteiger partial charge is 0.0702 e. The summed E-state index contributed by atoms with van der Waals surface area (Å²) >= 11 is 0. The van der Waals surface area contributed by atoms with E-state index in [1.807, 2.05) is 0 Å². The highest BCUT2D eigenvalue weighted by atomic mass is 14.7. The molecule has 0 amide bonds. The predicted molar refractivity (Wildman–Crippen MR) is 131 cm³/mol. The minimum atomic E-state index is 0.953. The lowest BCUT2D eigenvalue weighted by molar-refractivity contribution is 0.249. The predicted octanol–water partition coefficient (Wildman–Crippen LogP) is 8.80. The van der Waals surface area contributed by atoms with Crippen molar-refractivity contribution in [3.63, 3.8) is 0 Å². The van der Waals surface area contributed by atoms with Crippen LogP contribution in [0.3, 0.4) is 0 Å². The molecule has 3 rings (SSSR count). The largest absolute Gasteiger partial charge is 0.256 e. The second kappa shape index (κ2) is 12.9. The van der Waals surface area contributed by atoms with Crippen molar-refractivity contribution in [2.75, 3.05) is 0 Å². The summed E-state index contributed by atoms with van der Waals surface area (Å²) in [6.45, 7) is 4.57. The molecular weight excluding hydrogens is 362 g/mol. The Bertz CT molecular complexity index is 692. The van der Waals surface area contributed by atoms with Gasteiger partial charge < -0.3 is 0 Å². The number of rotatable bonds is 12. The molecule has 0 N–H and O–H groups in total. The summed E-state index contributed by atoms with van der Waals surface area (Å²) in [6, 6.07) is 13.6. The van der Waals surface area contributed by atoms with Gasteiger partial charge in [0.05, 0.1) is 5.69 Å². The van der Waals surface area contributed by atoms with Crippen LogP contribution in [0.4, 0.5) is 0 Å². The van der Waals surface area contributed by atoms with Crippen LogP contribution in [-0.2, 0) is 12.8 Å². The molecule has 0 radical (unpaired) electrons. The third kappa shape index (κ3) is 7.56. The van der Waals surface area contributed by atoms with Gasteiger partial charge >= 0.3 is 0 Å². The van der Waals surface area contributed by atoms with Gasteiger partial charge in [-0.05, 0) is 54.7 Å². The van der Waals surface area contributed by atoms with Gasteiger partial charge in [-0.25, -0.2) is 0 Å². The lowest BCUT2D eigenvalue weighted by Gasteiger charge is -2.28. The van der Waals surface area contributed by atoms with Gasteiger partial charge in [0.1, 0.15) is 0 Å². The summed E-state index contributed by atoms with van der Waals surface area (Å²) in [5.74, 6) is 1.98. The molecular formula is C29H43N. The average Bonchev–Trinajstić information content (AvgIpc) is 2.80. The van der Waals surface area contributed by atoms with E-state index in [0.29, 0.717) is 0 Å². The molecule has 1 heterocycles. The highest BCUT2D eigenvalue weighted by molar-refractivity contribution is 5.59. The zero-order valence-corrected chi connectivity index (χ0v) is 19.5. The summed E-state index contributed by atoms with van der Waals surface area (Å²) in [5, 5.41) is 0. The Balaban J connectivity index is 1.41. The number of hydrogen-bond acceptors (Lipinski definition) is 1. The molecule has 30 heavy (non-hydrogen) atoms. The topological polar surface area (TPSA) is 12.9 Å². The number of benzene rings is 1. The minimum Gasteiger partial charge on any atom is -0.256 e. The number of hydrogen-bond donors (Lipinski definition) is 0. The Morgan fingerprint density at radius 1 is 0.667 bits per heavy atom. The van der Waals surface area contributed by atoms with Crippen LogP contribution in [0.15, 0.2) is 42.6 Å². The maximum absolute atomic E-state index is 4.71. The third-order valence-corrected chi connectivity index (χ3v) is 7.17. The number of nitrogens with zero attached hydrogens (tertiary/aromatic N) is 1. The van der Waals surface area contributed by atoms with Gasteiger partial charge in [0.2, 0.25) is 0 Å². The third-order valence-electron chi connectivity index (χ3n) is 7.17. The molecule has 0 spiro atoms. The van der Waals surface area contributed by atoms with Crippen LogP contribution in [0, 0.1) is 11.8 Å². The molecule has 2 aromatic rings. The van der Waals surface area contributed by atoms with Crippen LogP contribution in [0.1, 0.15) is 102 Å². The number of unbranched alkanes of at least 4 members (excludes halogenated alkanes) is 4. The molecule has 0 bridgehead atoms. The molecule has 1 fully saturated rings. The second-order valence-electron chi connectivity index (χ2n) is 9.63. The Labute approximate surface area is 185 Å². The first-order chi connectivity index (χ1) is 14.8. The van der Waals surface area contributed by atoms with E-state index in [4.69, 9.17) is 4.98 Å². The maximum Gasteiger partial charge on any atom is 0.0702 e. The molecule has 1 saturated carbocycles. The highest BCUT2D eigenvalue weighted by Crippen LogP contribution is 2.34. The van der Waals surface area contributed by atoms with Crippen LogP contribution >= 0.6 is 0 Å². The van der Waals surface area contributed by atoms with Crippen LogP contribution in [0.25, 0.3) is 11.3 Å². The van der Waals surface area contributed by atoms with Crippen molar-refractivity contribution in [3.05, 3.63) is 53.7 Å². The molecule has 1 aromatic heterocycles. The fourth-order valence-corrected chi connectivity index (χ4v) is 5.03. The van der Waals surface area contributed by atoms with E-state index in [2.05, 4.69) is 56.4 Å². The first-order valence-corrected chi connectivity index (χ1v) is 12.8. The number of aryl methyl sites for hydroxylation is 2. The fraction of sp³-hybridized carbons (Fsp3) is 0.621. The van der Waals surface area contributed by atoms with Crippen LogP contribution in [-0.4, -0.2) is 4.98 Å². The number of aromatic nitrogens is 1. The molecule has 0 saturated heterocycles. The summed E-state index contributed by atoms with van der Waals surface area (Å²) in [4.78, 5) is 4.71. The van der Waals surface area contributed by atoms with E-state index in [0.717, 1.165) is 24.0 Å². The van der Waals surface area contributed by atoms with Crippen molar-refractivity contribution < 1.29 is 0 Å². The second-order valence-corrected chi connectivity index (χ2v) is 9.63. The monoisotopic (exact) mass is 405 g/mol. The lowest BCUT2D eigenvalue weighted by Crippen LogP contribution is -2.15. The first kappa shape index (κ1) is 23.0. The van der Waals surface area contributed by atoms with Crippen molar-refractivity contribution in [1.29, 1.82) is 0 Å². The van der Waals surface area contributed by atoms with Crippen molar-refractivity contribution >= 4 is 0 Å². The molecule has 0 unspecified atom stereocenters. The van der Waals surface area contributed by atoms with E-state index in [9.17, 15) is 0 Å². The molecule has 1 aliphatic carbocycles. The van der Waals surface area contributed by atoms with Crippen LogP contribution in [0.5, 0.6) is 0 Å². The maximum atomic E-state index is 4.71. The summed E-state index contributed by atoms with van der Waals surface area (Å²) in [5.41, 5.74) is 5.19. The van der Waals surface area contributed by atoms with Gasteiger partial charge in [-0.3, -0.25) is 4.98 Å². The summed E-state index contributed by atoms with van der Waals surface area (Å²) < 4.78 is 0. The highest BCUT2D eigenvalue weighted by Gasteiger charge is 2.20. The van der Waals surface area contributed by atoms with Gasteiger partial charge in [-0.1, -0.05) is 108 Å². The lowest BCUT2D eigenvalue weighted by atomic mass is 9.78. The molecule has 0 aliphatic heterocycles. The number of pyridine rings is 1. The minimum absolute atomic E-state index is 0.953. The first-order valence-electron chi connectivity index (χ1n) is 12.8. The molecule has 1 nitrogen and oxygen atoms in total. The normalized spacial score (nSPS) is 19.1. The van der Waals surface area contributed by atoms with Gasteiger partial charge in [0.15, 0.2) is 0 Å². The van der Waals surface area contributed by atoms with Crippen molar-refractivity contribution in [3.8, 4) is 11.3 Å². The molecule has 0 atom stereocenters. The van der Waals surface area contributed by atoms with E-state index >= 15 is 0 Å². The zero-order chi connectivity index (χ0) is 21.0. The quantitative estimate of drug-likeness (QED) is 0.321. The van der Waals surface area contributed by atoms with Crippen molar-refractivity contribution in [2.24, 2.45) is 11.8 Å². The summed E-state index contributed by atoms with van der Waals surface area (Å²) in [7, 11) is 0. The molecule has 1 aromatic carbocycles. The van der Waals surface area contributed by atoms with E-state index in [-0.39, 0.29) is 0 Å². The molecule has 1 heteroatoms. The Hall–Kier alpha value is -1.63. The Kier molecular flexibility index (Phi) is 9.93. The standard InChI is InChI=1S/C29H43N/c1-3-5-7-9-24-11-13-25(14-12-24)15-16-26-17-20-28(21-18-26)29-22-19-27(23-30-29)10-8-6-4-2/h17-25H,3-16H2,1-2H3/t24-,25-. The average molecular weight is 406 g/mol. The van der Waals surface area contributed by atoms with Gasteiger partial charge in [-0.15, -0.1) is 0 Å². The van der Waals surface area contributed by atoms with Crippen LogP contribution in [0.2, 0.25) is 0 Å². The van der Waals surface area contributed by atoms with E-state index in [1.54, 1.807) is 0 Å². The van der Waals surface area contributed by atoms with E-state index < -0.39 is 0 Å². The van der Waals surface area contributed by atoms with Crippen molar-refractivity contribution in [2.45, 2.75) is 104 Å². The fourth-order valence-electron chi connectivity index (χ4n) is 5.03. The van der Waals surface area contributed by atoms with Gasteiger partial charge in [0, 0.05) is 11.8 Å². The Morgan fingerprint density at radius 2 is 1.30 bits per heavy atom.